The van der Waals surface area contributed by atoms with Gasteiger partial charge in [0.25, 0.3) is 0 Å². The van der Waals surface area contributed by atoms with Gasteiger partial charge in [-0.2, -0.15) is 5.10 Å². The minimum atomic E-state index is -0.0660. The van der Waals surface area contributed by atoms with E-state index in [0.29, 0.717) is 18.5 Å². The summed E-state index contributed by atoms with van der Waals surface area (Å²) in [5.74, 6) is 0.959. The summed E-state index contributed by atoms with van der Waals surface area (Å²) < 4.78 is 13.7. The zero-order valence-corrected chi connectivity index (χ0v) is 22.3. The highest BCUT2D eigenvalue weighted by atomic mass is 32.2. The van der Waals surface area contributed by atoms with E-state index < -0.39 is 0 Å². The normalized spacial score (nSPS) is 18.6. The van der Waals surface area contributed by atoms with Gasteiger partial charge in [-0.1, -0.05) is 26.0 Å². The van der Waals surface area contributed by atoms with E-state index in [0.717, 1.165) is 72.6 Å². The molecule has 2 aliphatic rings. The molecule has 6 rings (SSSR count). The lowest BCUT2D eigenvalue weighted by molar-refractivity contribution is -0.0383. The van der Waals surface area contributed by atoms with E-state index in [2.05, 4.69) is 60.2 Å². The Kier molecular flexibility index (Phi) is 7.13. The van der Waals surface area contributed by atoms with Gasteiger partial charge in [0.1, 0.15) is 17.0 Å². The van der Waals surface area contributed by atoms with Gasteiger partial charge in [0.05, 0.1) is 18.9 Å². The van der Waals surface area contributed by atoms with Gasteiger partial charge in [0.15, 0.2) is 6.23 Å². The van der Waals surface area contributed by atoms with Crippen molar-refractivity contribution in [2.75, 3.05) is 37.8 Å². The van der Waals surface area contributed by atoms with Crippen LogP contribution in [0.1, 0.15) is 39.3 Å². The van der Waals surface area contributed by atoms with Crippen LogP contribution in [-0.4, -0.2) is 57.9 Å². The quantitative estimate of drug-likeness (QED) is 0.283. The van der Waals surface area contributed by atoms with E-state index in [1.54, 1.807) is 0 Å². The number of benzene rings is 1. The van der Waals surface area contributed by atoms with Crippen molar-refractivity contribution < 1.29 is 9.47 Å². The maximum Gasteiger partial charge on any atom is 0.150 e. The first-order chi connectivity index (χ1) is 18.2. The summed E-state index contributed by atoms with van der Waals surface area (Å²) in [6.07, 6.45) is 6.86. The zero-order valence-electron chi connectivity index (χ0n) is 21.5. The van der Waals surface area contributed by atoms with Crippen LogP contribution in [0.4, 0.5) is 5.82 Å². The number of anilines is 1. The molecule has 0 spiro atoms. The minimum Gasteiger partial charge on any atom is -0.378 e. The van der Waals surface area contributed by atoms with Crippen molar-refractivity contribution in [1.29, 1.82) is 0 Å². The molecule has 2 saturated heterocycles. The van der Waals surface area contributed by atoms with Gasteiger partial charge in [-0.15, -0.1) is 11.8 Å². The lowest BCUT2D eigenvalue weighted by atomic mass is 10.00. The van der Waals surface area contributed by atoms with Crippen LogP contribution >= 0.6 is 11.8 Å². The molecular formula is C29H33N5O2S. The molecule has 0 saturated carbocycles. The number of fused-ring (bicyclic) bond motifs is 1. The van der Waals surface area contributed by atoms with Crippen molar-refractivity contribution in [2.24, 2.45) is 0 Å². The molecule has 192 valence electrons. The Morgan fingerprint density at radius 3 is 2.57 bits per heavy atom. The van der Waals surface area contributed by atoms with E-state index in [1.807, 2.05) is 34.9 Å². The summed E-state index contributed by atoms with van der Waals surface area (Å²) in [6.45, 7) is 8.28. The Morgan fingerprint density at radius 2 is 1.81 bits per heavy atom. The highest BCUT2D eigenvalue weighted by Gasteiger charge is 2.23. The molecule has 2 fully saturated rings. The first-order valence-corrected chi connectivity index (χ1v) is 14.1. The lowest BCUT2D eigenvalue weighted by Gasteiger charge is -2.29. The second kappa shape index (κ2) is 10.8. The van der Waals surface area contributed by atoms with Crippen LogP contribution < -0.4 is 4.90 Å². The third-order valence-corrected chi connectivity index (χ3v) is 7.94. The average Bonchev–Trinajstić information content (AvgIpc) is 3.43. The Hall–Kier alpha value is -2.94. The lowest BCUT2D eigenvalue weighted by Crippen LogP contribution is -2.36. The van der Waals surface area contributed by atoms with Crippen molar-refractivity contribution in [3.63, 3.8) is 0 Å². The molecule has 5 heterocycles. The summed E-state index contributed by atoms with van der Waals surface area (Å²) in [5.41, 5.74) is 5.01. The number of pyridine rings is 2. The van der Waals surface area contributed by atoms with Crippen molar-refractivity contribution in [3.05, 3.63) is 54.9 Å². The molecule has 2 aliphatic heterocycles. The molecule has 8 heteroatoms. The Bertz CT molecular complexity index is 1360. The summed E-state index contributed by atoms with van der Waals surface area (Å²) in [6, 6.07) is 15.2. The molecule has 0 N–H and O–H groups in total. The summed E-state index contributed by atoms with van der Waals surface area (Å²) in [7, 11) is 0. The van der Waals surface area contributed by atoms with E-state index in [9.17, 15) is 0 Å². The van der Waals surface area contributed by atoms with Crippen LogP contribution in [0.5, 0.6) is 0 Å². The van der Waals surface area contributed by atoms with Gasteiger partial charge in [0.2, 0.25) is 0 Å². The molecule has 1 unspecified atom stereocenters. The van der Waals surface area contributed by atoms with Crippen LogP contribution in [0.2, 0.25) is 0 Å². The number of thioether (sulfide) groups is 1. The van der Waals surface area contributed by atoms with Gasteiger partial charge in [-0.3, -0.25) is 4.98 Å². The van der Waals surface area contributed by atoms with Crippen molar-refractivity contribution in [1.82, 2.24) is 19.7 Å². The van der Waals surface area contributed by atoms with Crippen LogP contribution in [-0.2, 0) is 9.47 Å². The van der Waals surface area contributed by atoms with Crippen LogP contribution in [0.25, 0.3) is 33.4 Å². The first-order valence-electron chi connectivity index (χ1n) is 13.2. The fraction of sp³-hybridized carbons (Fsp3) is 0.414. The maximum atomic E-state index is 6.08. The summed E-state index contributed by atoms with van der Waals surface area (Å²) >= 11 is 1.88. The smallest absolute Gasteiger partial charge is 0.150 e. The molecule has 1 aromatic carbocycles. The standard InChI is InChI=1S/C29H33N5O2S/c1-20(2)37-22-8-6-21(7-9-22)24-19-26(33-14-17-35-18-15-33)32-28-23(24)10-12-30-29(28)25-11-13-31-34(25)27-5-3-4-16-36-27/h6-13,19-20,27H,3-5,14-18H2,1-2H3. The van der Waals surface area contributed by atoms with Crippen molar-refractivity contribution in [3.8, 4) is 22.5 Å². The second-order valence-electron chi connectivity index (χ2n) is 9.86. The molecule has 3 aromatic heterocycles. The third-order valence-electron chi connectivity index (χ3n) is 6.93. The fourth-order valence-electron chi connectivity index (χ4n) is 5.15. The largest absolute Gasteiger partial charge is 0.378 e. The number of rotatable bonds is 6. The Labute approximate surface area is 222 Å². The highest BCUT2D eigenvalue weighted by molar-refractivity contribution is 7.99. The number of nitrogens with zero attached hydrogens (tertiary/aromatic N) is 5. The molecule has 37 heavy (non-hydrogen) atoms. The SMILES string of the molecule is CC(C)Sc1ccc(-c2cc(N3CCOCC3)nc3c(-c4ccnn4C4CCCCO4)nccc23)cc1. The van der Waals surface area contributed by atoms with Crippen molar-refractivity contribution in [2.45, 2.75) is 49.5 Å². The van der Waals surface area contributed by atoms with E-state index in [1.165, 1.54) is 10.5 Å². The monoisotopic (exact) mass is 515 g/mol. The molecule has 1 atom stereocenters. The van der Waals surface area contributed by atoms with Gasteiger partial charge in [0, 0.05) is 47.6 Å². The second-order valence-corrected chi connectivity index (χ2v) is 11.5. The van der Waals surface area contributed by atoms with Gasteiger partial charge in [-0.25, -0.2) is 9.67 Å². The third kappa shape index (κ3) is 5.10. The maximum absolute atomic E-state index is 6.08. The van der Waals surface area contributed by atoms with Gasteiger partial charge >= 0.3 is 0 Å². The number of hydrogen-bond donors (Lipinski definition) is 0. The molecule has 7 nitrogen and oxygen atoms in total. The highest BCUT2D eigenvalue weighted by Crippen LogP contribution is 2.37. The molecule has 0 aliphatic carbocycles. The van der Waals surface area contributed by atoms with Gasteiger partial charge < -0.3 is 14.4 Å². The number of morpholine rings is 1. The molecule has 0 bridgehead atoms. The van der Waals surface area contributed by atoms with Crippen LogP contribution in [0.3, 0.4) is 0 Å². The fourth-order valence-corrected chi connectivity index (χ4v) is 5.99. The van der Waals surface area contributed by atoms with Crippen LogP contribution in [0, 0.1) is 0 Å². The predicted octanol–water partition coefficient (Wildman–Crippen LogP) is 6.20. The molecule has 0 amide bonds. The topological polar surface area (TPSA) is 65.3 Å². The number of ether oxygens (including phenoxy) is 2. The van der Waals surface area contributed by atoms with E-state index in [4.69, 9.17) is 19.4 Å². The average molecular weight is 516 g/mol. The van der Waals surface area contributed by atoms with Gasteiger partial charge in [-0.05, 0) is 60.7 Å². The summed E-state index contributed by atoms with van der Waals surface area (Å²) in [4.78, 5) is 13.6. The predicted molar refractivity (Wildman–Crippen MR) is 149 cm³/mol. The number of hydrogen-bond acceptors (Lipinski definition) is 7. The number of aromatic nitrogens is 4. The minimum absolute atomic E-state index is 0.0660. The van der Waals surface area contributed by atoms with Crippen LogP contribution in [0.15, 0.2) is 59.8 Å². The molecular weight excluding hydrogens is 482 g/mol. The molecule has 4 aromatic rings. The Balaban J connectivity index is 1.50. The Morgan fingerprint density at radius 1 is 0.973 bits per heavy atom. The first kappa shape index (κ1) is 24.4. The summed E-state index contributed by atoms with van der Waals surface area (Å²) in [5, 5.41) is 6.28. The molecule has 0 radical (unpaired) electrons. The zero-order chi connectivity index (χ0) is 25.2. The van der Waals surface area contributed by atoms with Crippen molar-refractivity contribution >= 4 is 28.5 Å². The van der Waals surface area contributed by atoms with E-state index in [-0.39, 0.29) is 6.23 Å². The van der Waals surface area contributed by atoms with E-state index >= 15 is 0 Å².